The Morgan fingerprint density at radius 1 is 1.44 bits per heavy atom. The third-order valence-corrected chi connectivity index (χ3v) is 3.29. The number of nitrogens with zero attached hydrogens (tertiary/aromatic N) is 2. The molecule has 98 valence electrons. The van der Waals surface area contributed by atoms with Crippen LogP contribution < -0.4 is 11.5 Å². The lowest BCUT2D eigenvalue weighted by molar-refractivity contribution is -0.119. The maximum atomic E-state index is 12.1. The number of nitrogens with one attached hydrogen (secondary N) is 1. The van der Waals surface area contributed by atoms with Gasteiger partial charge in [-0.3, -0.25) is 14.7 Å². The molecule has 18 heavy (non-hydrogen) atoms. The Hall–Kier alpha value is -2.05. The zero-order valence-corrected chi connectivity index (χ0v) is 10.1. The number of rotatable bonds is 3. The van der Waals surface area contributed by atoms with Gasteiger partial charge < -0.3 is 16.4 Å². The summed E-state index contributed by atoms with van der Waals surface area (Å²) < 4.78 is 0. The molecule has 1 aromatic rings. The van der Waals surface area contributed by atoms with Gasteiger partial charge in [0.05, 0.1) is 6.20 Å². The summed E-state index contributed by atoms with van der Waals surface area (Å²) in [5.41, 5.74) is 11.2. The SMILES string of the molecule is NC(=O)CC1CCN(C(=O)c2cn[nH]c2N)CC1. The van der Waals surface area contributed by atoms with Crippen molar-refractivity contribution >= 4 is 17.6 Å². The van der Waals surface area contributed by atoms with Gasteiger partial charge in [-0.25, -0.2) is 0 Å². The number of piperidine rings is 1. The topological polar surface area (TPSA) is 118 Å². The quantitative estimate of drug-likeness (QED) is 0.684. The van der Waals surface area contributed by atoms with E-state index in [1.54, 1.807) is 4.90 Å². The van der Waals surface area contributed by atoms with Crippen molar-refractivity contribution < 1.29 is 9.59 Å². The second-order valence-electron chi connectivity index (χ2n) is 4.60. The second-order valence-corrected chi connectivity index (χ2v) is 4.60. The van der Waals surface area contributed by atoms with E-state index >= 15 is 0 Å². The van der Waals surface area contributed by atoms with Gasteiger partial charge >= 0.3 is 0 Å². The highest BCUT2D eigenvalue weighted by Gasteiger charge is 2.26. The van der Waals surface area contributed by atoms with Crippen molar-refractivity contribution in [2.24, 2.45) is 11.7 Å². The Bertz CT molecular complexity index is 448. The molecule has 0 unspecified atom stereocenters. The summed E-state index contributed by atoms with van der Waals surface area (Å²) in [5.74, 6) is 0.185. The van der Waals surface area contributed by atoms with Crippen LogP contribution in [0.25, 0.3) is 0 Å². The maximum absolute atomic E-state index is 12.1. The first-order chi connectivity index (χ1) is 8.58. The van der Waals surface area contributed by atoms with E-state index in [1.165, 1.54) is 6.20 Å². The summed E-state index contributed by atoms with van der Waals surface area (Å²) in [4.78, 5) is 24.7. The molecule has 0 spiro atoms. The standard InChI is InChI=1S/C11H17N5O2/c12-9(17)5-7-1-3-16(4-2-7)11(18)8-6-14-15-10(8)13/h6-7H,1-5H2,(H2,12,17)(H3,13,14,15). The summed E-state index contributed by atoms with van der Waals surface area (Å²) in [7, 11) is 0. The third-order valence-electron chi connectivity index (χ3n) is 3.29. The molecule has 0 bridgehead atoms. The molecule has 5 N–H and O–H groups in total. The van der Waals surface area contributed by atoms with Crippen LogP contribution in [0.15, 0.2) is 6.20 Å². The molecular weight excluding hydrogens is 234 g/mol. The number of aromatic nitrogens is 2. The highest BCUT2D eigenvalue weighted by Crippen LogP contribution is 2.22. The molecule has 1 saturated heterocycles. The van der Waals surface area contributed by atoms with Crippen LogP contribution in [0.4, 0.5) is 5.82 Å². The van der Waals surface area contributed by atoms with E-state index in [-0.39, 0.29) is 17.7 Å². The van der Waals surface area contributed by atoms with Crippen molar-refractivity contribution in [1.82, 2.24) is 15.1 Å². The fraction of sp³-hybridized carbons (Fsp3) is 0.545. The number of carbonyl (C=O) groups is 2. The fourth-order valence-electron chi connectivity index (χ4n) is 2.26. The monoisotopic (exact) mass is 251 g/mol. The molecule has 7 heteroatoms. The van der Waals surface area contributed by atoms with Gasteiger partial charge in [-0.15, -0.1) is 0 Å². The Morgan fingerprint density at radius 2 is 2.11 bits per heavy atom. The molecule has 1 fully saturated rings. The zero-order chi connectivity index (χ0) is 13.1. The lowest BCUT2D eigenvalue weighted by Crippen LogP contribution is -2.39. The minimum atomic E-state index is -0.279. The van der Waals surface area contributed by atoms with Crippen LogP contribution in [-0.4, -0.2) is 40.0 Å². The maximum Gasteiger partial charge on any atom is 0.259 e. The third kappa shape index (κ3) is 2.61. The smallest absolute Gasteiger partial charge is 0.259 e. The van der Waals surface area contributed by atoms with Gasteiger partial charge in [0.2, 0.25) is 5.91 Å². The number of hydrogen-bond donors (Lipinski definition) is 3. The van der Waals surface area contributed by atoms with Gasteiger partial charge in [0, 0.05) is 19.5 Å². The van der Waals surface area contributed by atoms with Gasteiger partial charge in [0.15, 0.2) is 0 Å². The average Bonchev–Trinajstić information content (AvgIpc) is 2.75. The first-order valence-corrected chi connectivity index (χ1v) is 5.94. The van der Waals surface area contributed by atoms with Crippen LogP contribution >= 0.6 is 0 Å². The van der Waals surface area contributed by atoms with E-state index in [9.17, 15) is 9.59 Å². The molecule has 2 heterocycles. The highest BCUT2D eigenvalue weighted by molar-refractivity contribution is 5.98. The van der Waals surface area contributed by atoms with Crippen LogP contribution in [0.2, 0.25) is 0 Å². The van der Waals surface area contributed by atoms with Crippen LogP contribution in [0, 0.1) is 5.92 Å². The number of nitrogens with two attached hydrogens (primary N) is 2. The molecule has 0 atom stereocenters. The van der Waals surface area contributed by atoms with Crippen molar-refractivity contribution in [3.8, 4) is 0 Å². The number of aromatic amines is 1. The Kier molecular flexibility index (Phi) is 3.50. The molecule has 0 saturated carbocycles. The van der Waals surface area contributed by atoms with Crippen molar-refractivity contribution in [2.75, 3.05) is 18.8 Å². The minimum absolute atomic E-state index is 0.112. The minimum Gasteiger partial charge on any atom is -0.383 e. The van der Waals surface area contributed by atoms with Crippen molar-refractivity contribution in [2.45, 2.75) is 19.3 Å². The normalized spacial score (nSPS) is 16.8. The van der Waals surface area contributed by atoms with E-state index in [4.69, 9.17) is 11.5 Å². The number of likely N-dealkylation sites (tertiary alicyclic amines) is 1. The van der Waals surface area contributed by atoms with E-state index in [1.807, 2.05) is 0 Å². The van der Waals surface area contributed by atoms with Gasteiger partial charge in [-0.1, -0.05) is 0 Å². The van der Waals surface area contributed by atoms with Crippen molar-refractivity contribution in [1.29, 1.82) is 0 Å². The number of amides is 2. The number of hydrogen-bond acceptors (Lipinski definition) is 4. The van der Waals surface area contributed by atoms with Crippen LogP contribution in [-0.2, 0) is 4.79 Å². The molecule has 0 aliphatic carbocycles. The predicted molar refractivity (Wildman–Crippen MR) is 65.4 cm³/mol. The first kappa shape index (κ1) is 12.4. The molecule has 0 aromatic carbocycles. The highest BCUT2D eigenvalue weighted by atomic mass is 16.2. The van der Waals surface area contributed by atoms with Crippen molar-refractivity contribution in [3.63, 3.8) is 0 Å². The van der Waals surface area contributed by atoms with Gasteiger partial charge in [0.25, 0.3) is 5.91 Å². The Labute approximate surface area is 105 Å². The summed E-state index contributed by atoms with van der Waals surface area (Å²) in [6.45, 7) is 1.25. The Balaban J connectivity index is 1.92. The van der Waals surface area contributed by atoms with E-state index < -0.39 is 0 Å². The summed E-state index contributed by atoms with van der Waals surface area (Å²) in [6.07, 6.45) is 3.43. The van der Waals surface area contributed by atoms with Crippen LogP contribution in [0.1, 0.15) is 29.6 Å². The second kappa shape index (κ2) is 5.07. The Morgan fingerprint density at radius 3 is 2.61 bits per heavy atom. The van der Waals surface area contributed by atoms with E-state index in [2.05, 4.69) is 10.2 Å². The number of H-pyrrole nitrogens is 1. The lowest BCUT2D eigenvalue weighted by Gasteiger charge is -2.31. The molecule has 0 radical (unpaired) electrons. The molecule has 2 amide bonds. The van der Waals surface area contributed by atoms with Crippen LogP contribution in [0.5, 0.6) is 0 Å². The van der Waals surface area contributed by atoms with E-state index in [0.29, 0.717) is 30.9 Å². The zero-order valence-electron chi connectivity index (χ0n) is 10.1. The molecule has 1 aromatic heterocycles. The first-order valence-electron chi connectivity index (χ1n) is 5.94. The van der Waals surface area contributed by atoms with Gasteiger partial charge in [0.1, 0.15) is 11.4 Å². The molecular formula is C11H17N5O2. The number of primary amides is 1. The fourth-order valence-corrected chi connectivity index (χ4v) is 2.26. The predicted octanol–water partition coefficient (Wildman–Crippen LogP) is -0.281. The van der Waals surface area contributed by atoms with Gasteiger partial charge in [-0.2, -0.15) is 5.10 Å². The number of anilines is 1. The van der Waals surface area contributed by atoms with Crippen LogP contribution in [0.3, 0.4) is 0 Å². The molecule has 1 aliphatic rings. The van der Waals surface area contributed by atoms with E-state index in [0.717, 1.165) is 12.8 Å². The molecule has 7 nitrogen and oxygen atoms in total. The summed E-state index contributed by atoms with van der Waals surface area (Å²) >= 11 is 0. The molecule has 1 aliphatic heterocycles. The number of carbonyl (C=O) groups excluding carboxylic acids is 2. The number of nitrogen functional groups attached to an aromatic ring is 1. The summed E-state index contributed by atoms with van der Waals surface area (Å²) in [6, 6.07) is 0. The van der Waals surface area contributed by atoms with Crippen molar-refractivity contribution in [3.05, 3.63) is 11.8 Å². The lowest BCUT2D eigenvalue weighted by atomic mass is 9.93. The average molecular weight is 251 g/mol. The summed E-state index contributed by atoms with van der Waals surface area (Å²) in [5, 5.41) is 6.28. The largest absolute Gasteiger partial charge is 0.383 e. The van der Waals surface area contributed by atoms with Gasteiger partial charge in [-0.05, 0) is 18.8 Å². The molecule has 2 rings (SSSR count).